The fourth-order valence-electron chi connectivity index (χ4n) is 1.44. The first-order chi connectivity index (χ1) is 9.12. The second kappa shape index (κ2) is 5.94. The minimum Gasteiger partial charge on any atom is -0.481 e. The molecule has 1 amide bonds. The lowest BCUT2D eigenvalue weighted by Gasteiger charge is -2.16. The van der Waals surface area contributed by atoms with E-state index in [1.54, 1.807) is 0 Å². The number of halogens is 3. The maximum absolute atomic E-state index is 12.4. The number of nitrogens with one attached hydrogen (secondary N) is 1. The number of benzene rings is 1. The van der Waals surface area contributed by atoms with Crippen LogP contribution in [0.2, 0.25) is 0 Å². The second-order valence-corrected chi connectivity index (χ2v) is 4.48. The number of rotatable bonds is 4. The highest BCUT2D eigenvalue weighted by Crippen LogP contribution is 2.29. The predicted octanol–water partition coefficient (Wildman–Crippen LogP) is 3.00. The van der Waals surface area contributed by atoms with Gasteiger partial charge in [0.05, 0.1) is 11.5 Å². The number of hydrogen-bond donors (Lipinski definition) is 2. The molecule has 0 saturated heterocycles. The summed E-state index contributed by atoms with van der Waals surface area (Å²) >= 11 is 0. The van der Waals surface area contributed by atoms with Crippen molar-refractivity contribution in [3.8, 4) is 0 Å². The molecule has 2 N–H and O–H groups in total. The minimum atomic E-state index is -4.44. The predicted molar refractivity (Wildman–Crippen MR) is 66.0 cm³/mol. The van der Waals surface area contributed by atoms with E-state index >= 15 is 0 Å². The lowest BCUT2D eigenvalue weighted by atomic mass is 9.95. The van der Waals surface area contributed by atoms with Crippen LogP contribution in [0.1, 0.15) is 19.4 Å². The van der Waals surface area contributed by atoms with E-state index < -0.39 is 35.5 Å². The van der Waals surface area contributed by atoms with Crippen molar-refractivity contribution >= 4 is 17.6 Å². The van der Waals surface area contributed by atoms with Crippen molar-refractivity contribution in [2.24, 2.45) is 11.8 Å². The zero-order chi connectivity index (χ0) is 15.5. The molecule has 2 unspecified atom stereocenters. The Morgan fingerprint density at radius 3 is 2.00 bits per heavy atom. The van der Waals surface area contributed by atoms with Crippen molar-refractivity contribution in [2.75, 3.05) is 5.32 Å². The summed E-state index contributed by atoms with van der Waals surface area (Å²) in [6, 6.07) is 3.94. The first-order valence-electron chi connectivity index (χ1n) is 5.84. The van der Waals surface area contributed by atoms with Crippen LogP contribution in [0.25, 0.3) is 0 Å². The number of carbonyl (C=O) groups excluding carboxylic acids is 1. The molecule has 1 aromatic rings. The maximum atomic E-state index is 12.4. The summed E-state index contributed by atoms with van der Waals surface area (Å²) in [5.74, 6) is -3.35. The molecule has 0 heterocycles. The Balaban J connectivity index is 2.74. The van der Waals surface area contributed by atoms with Crippen LogP contribution in [-0.4, -0.2) is 17.0 Å². The lowest BCUT2D eigenvalue weighted by molar-refractivity contribution is -0.145. The highest BCUT2D eigenvalue weighted by atomic mass is 19.4. The van der Waals surface area contributed by atoms with Crippen molar-refractivity contribution in [1.82, 2.24) is 0 Å². The van der Waals surface area contributed by atoms with E-state index in [1.807, 2.05) is 0 Å². The zero-order valence-corrected chi connectivity index (χ0v) is 10.9. The molecule has 110 valence electrons. The normalized spacial score (nSPS) is 14.4. The molecule has 20 heavy (non-hydrogen) atoms. The summed E-state index contributed by atoms with van der Waals surface area (Å²) in [4.78, 5) is 22.5. The summed E-state index contributed by atoms with van der Waals surface area (Å²) in [5.41, 5.74) is -0.630. The van der Waals surface area contributed by atoms with Gasteiger partial charge in [-0.1, -0.05) is 13.8 Å². The van der Waals surface area contributed by atoms with Gasteiger partial charge in [-0.15, -0.1) is 0 Å². The van der Waals surface area contributed by atoms with Gasteiger partial charge in [0.15, 0.2) is 0 Å². The fourth-order valence-corrected chi connectivity index (χ4v) is 1.44. The van der Waals surface area contributed by atoms with E-state index in [4.69, 9.17) is 5.11 Å². The Morgan fingerprint density at radius 2 is 1.60 bits per heavy atom. The zero-order valence-electron chi connectivity index (χ0n) is 10.9. The van der Waals surface area contributed by atoms with Crippen molar-refractivity contribution in [3.63, 3.8) is 0 Å². The van der Waals surface area contributed by atoms with E-state index in [0.29, 0.717) is 0 Å². The number of carboxylic acid groups (broad SMARTS) is 1. The van der Waals surface area contributed by atoms with E-state index in [1.165, 1.54) is 13.8 Å². The van der Waals surface area contributed by atoms with Crippen LogP contribution < -0.4 is 5.32 Å². The summed E-state index contributed by atoms with van der Waals surface area (Å²) in [7, 11) is 0. The number of anilines is 1. The molecule has 1 rings (SSSR count). The molecule has 1 aromatic carbocycles. The van der Waals surface area contributed by atoms with Gasteiger partial charge in [-0.05, 0) is 24.3 Å². The second-order valence-electron chi connectivity index (χ2n) is 4.48. The summed E-state index contributed by atoms with van der Waals surface area (Å²) in [5, 5.41) is 11.2. The smallest absolute Gasteiger partial charge is 0.416 e. The molecule has 0 spiro atoms. The van der Waals surface area contributed by atoms with Crippen LogP contribution in [0, 0.1) is 11.8 Å². The third kappa shape index (κ3) is 3.97. The lowest BCUT2D eigenvalue weighted by Crippen LogP contribution is -2.29. The van der Waals surface area contributed by atoms with Gasteiger partial charge < -0.3 is 10.4 Å². The topological polar surface area (TPSA) is 66.4 Å². The molecule has 0 saturated carbocycles. The van der Waals surface area contributed by atoms with Gasteiger partial charge in [0.2, 0.25) is 5.91 Å². The average molecular weight is 289 g/mol. The highest BCUT2D eigenvalue weighted by molar-refractivity contribution is 5.94. The molecule has 0 radical (unpaired) electrons. The Bertz CT molecular complexity index is 497. The maximum Gasteiger partial charge on any atom is 0.416 e. The molecule has 0 bridgehead atoms. The first-order valence-corrected chi connectivity index (χ1v) is 5.84. The number of aliphatic carboxylic acids is 1. The minimum absolute atomic E-state index is 0.187. The van der Waals surface area contributed by atoms with Gasteiger partial charge in [0.1, 0.15) is 0 Å². The van der Waals surface area contributed by atoms with Gasteiger partial charge >= 0.3 is 12.1 Å². The third-order valence-electron chi connectivity index (χ3n) is 3.03. The van der Waals surface area contributed by atoms with Crippen molar-refractivity contribution in [2.45, 2.75) is 20.0 Å². The van der Waals surface area contributed by atoms with Crippen LogP contribution >= 0.6 is 0 Å². The molecule has 4 nitrogen and oxygen atoms in total. The number of alkyl halides is 3. The number of carbonyl (C=O) groups is 2. The van der Waals surface area contributed by atoms with Gasteiger partial charge in [0, 0.05) is 11.6 Å². The number of hydrogen-bond acceptors (Lipinski definition) is 2. The van der Waals surface area contributed by atoms with E-state index in [-0.39, 0.29) is 5.69 Å². The van der Waals surface area contributed by atoms with Crippen LogP contribution in [0.4, 0.5) is 18.9 Å². The quantitative estimate of drug-likeness (QED) is 0.895. The Morgan fingerprint density at radius 1 is 1.10 bits per heavy atom. The summed E-state index contributed by atoms with van der Waals surface area (Å²) in [6.07, 6.45) is -4.44. The molecular weight excluding hydrogens is 275 g/mol. The van der Waals surface area contributed by atoms with E-state index in [9.17, 15) is 22.8 Å². The van der Waals surface area contributed by atoms with Crippen LogP contribution in [0.3, 0.4) is 0 Å². The molecular formula is C13H14F3NO3. The van der Waals surface area contributed by atoms with Crippen LogP contribution in [0.15, 0.2) is 24.3 Å². The van der Waals surface area contributed by atoms with Crippen molar-refractivity contribution < 1.29 is 27.9 Å². The SMILES string of the molecule is CC(C(=O)O)C(C)C(=O)Nc1ccc(C(F)(F)F)cc1. The molecule has 2 atom stereocenters. The Labute approximate surface area is 113 Å². The van der Waals surface area contributed by atoms with Gasteiger partial charge in [0.25, 0.3) is 0 Å². The number of carboxylic acids is 1. The number of amides is 1. The van der Waals surface area contributed by atoms with Crippen LogP contribution in [-0.2, 0) is 15.8 Å². The van der Waals surface area contributed by atoms with Crippen molar-refractivity contribution in [1.29, 1.82) is 0 Å². The first kappa shape index (κ1) is 16.0. The molecule has 7 heteroatoms. The van der Waals surface area contributed by atoms with E-state index in [2.05, 4.69) is 5.32 Å². The Hall–Kier alpha value is -2.05. The molecule has 0 fully saturated rings. The molecule has 0 aliphatic heterocycles. The van der Waals surface area contributed by atoms with Crippen LogP contribution in [0.5, 0.6) is 0 Å². The van der Waals surface area contributed by atoms with Gasteiger partial charge in [-0.3, -0.25) is 9.59 Å². The highest BCUT2D eigenvalue weighted by Gasteiger charge is 2.30. The third-order valence-corrected chi connectivity index (χ3v) is 3.03. The summed E-state index contributed by atoms with van der Waals surface area (Å²) < 4.78 is 37.1. The molecule has 0 aliphatic rings. The fraction of sp³-hybridized carbons (Fsp3) is 0.385. The average Bonchev–Trinajstić information content (AvgIpc) is 2.36. The van der Waals surface area contributed by atoms with Crippen molar-refractivity contribution in [3.05, 3.63) is 29.8 Å². The molecule has 0 aliphatic carbocycles. The summed E-state index contributed by atoms with van der Waals surface area (Å²) in [6.45, 7) is 2.83. The monoisotopic (exact) mass is 289 g/mol. The van der Waals surface area contributed by atoms with E-state index in [0.717, 1.165) is 24.3 Å². The molecule has 0 aromatic heterocycles. The Kier molecular flexibility index (Phi) is 4.75. The standard InChI is InChI=1S/C13H14F3NO3/c1-7(8(2)12(19)20)11(18)17-10-5-3-9(4-6-10)13(14,15)16/h3-8H,1-2H3,(H,17,18)(H,19,20). The van der Waals surface area contributed by atoms with Gasteiger partial charge in [-0.2, -0.15) is 13.2 Å². The largest absolute Gasteiger partial charge is 0.481 e. The van der Waals surface area contributed by atoms with Gasteiger partial charge in [-0.25, -0.2) is 0 Å².